The van der Waals surface area contributed by atoms with E-state index in [2.05, 4.69) is 5.32 Å². The Morgan fingerprint density at radius 1 is 1.12 bits per heavy atom. The fourth-order valence-electron chi connectivity index (χ4n) is 2.38. The van der Waals surface area contributed by atoms with Gasteiger partial charge in [0.1, 0.15) is 6.42 Å². The lowest BCUT2D eigenvalue weighted by Crippen LogP contribution is -2.52. The van der Waals surface area contributed by atoms with Crippen LogP contribution in [0.4, 0.5) is 24.5 Å². The number of hydrogen-bond donors (Lipinski definition) is 1. The van der Waals surface area contributed by atoms with Crippen LogP contribution in [0.1, 0.15) is 6.42 Å². The van der Waals surface area contributed by atoms with Gasteiger partial charge < -0.3 is 15.1 Å². The standard InChI is InChI=1S/C15H15F3N4O2/c16-15(17,18)14(24)22-9-7-21(8-10-22)12-3-1-11(2-4-12)20-13(23)5-6-19/h1-4H,5,7-10H2,(H,20,23). The third kappa shape index (κ3) is 4.38. The predicted molar refractivity (Wildman–Crippen MR) is 80.1 cm³/mol. The van der Waals surface area contributed by atoms with Gasteiger partial charge in [-0.1, -0.05) is 0 Å². The molecule has 2 rings (SSSR count). The molecule has 0 aromatic heterocycles. The van der Waals surface area contributed by atoms with Crippen LogP contribution in [-0.4, -0.2) is 49.1 Å². The summed E-state index contributed by atoms with van der Waals surface area (Å²) in [5.41, 5.74) is 1.32. The second-order valence-corrected chi connectivity index (χ2v) is 5.21. The molecule has 2 amide bonds. The Morgan fingerprint density at radius 3 is 2.21 bits per heavy atom. The highest BCUT2D eigenvalue weighted by Gasteiger charge is 2.43. The highest BCUT2D eigenvalue weighted by atomic mass is 19.4. The van der Waals surface area contributed by atoms with Gasteiger partial charge in [0.25, 0.3) is 0 Å². The van der Waals surface area contributed by atoms with Crippen molar-refractivity contribution in [2.75, 3.05) is 36.4 Å². The van der Waals surface area contributed by atoms with Gasteiger partial charge in [0, 0.05) is 37.6 Å². The van der Waals surface area contributed by atoms with Gasteiger partial charge in [-0.15, -0.1) is 0 Å². The zero-order valence-electron chi connectivity index (χ0n) is 12.6. The molecule has 0 radical (unpaired) electrons. The molecule has 6 nitrogen and oxygen atoms in total. The minimum Gasteiger partial charge on any atom is -0.368 e. The van der Waals surface area contributed by atoms with Crippen molar-refractivity contribution in [3.8, 4) is 6.07 Å². The summed E-state index contributed by atoms with van der Waals surface area (Å²) >= 11 is 0. The molecule has 128 valence electrons. The van der Waals surface area contributed by atoms with Crippen molar-refractivity contribution < 1.29 is 22.8 Å². The summed E-state index contributed by atoms with van der Waals surface area (Å²) in [6.07, 6.45) is -5.08. The van der Waals surface area contributed by atoms with E-state index in [-0.39, 0.29) is 19.5 Å². The first-order chi connectivity index (χ1) is 11.3. The number of nitrogens with one attached hydrogen (secondary N) is 1. The van der Waals surface area contributed by atoms with Crippen molar-refractivity contribution in [2.45, 2.75) is 12.6 Å². The smallest absolute Gasteiger partial charge is 0.368 e. The fourth-order valence-corrected chi connectivity index (χ4v) is 2.38. The van der Waals surface area contributed by atoms with E-state index in [0.717, 1.165) is 10.6 Å². The average Bonchev–Trinajstić information content (AvgIpc) is 2.54. The van der Waals surface area contributed by atoms with Gasteiger partial charge in [0.15, 0.2) is 0 Å². The molecule has 0 bridgehead atoms. The third-order valence-corrected chi connectivity index (χ3v) is 3.57. The van der Waals surface area contributed by atoms with Crippen LogP contribution < -0.4 is 10.2 Å². The third-order valence-electron chi connectivity index (χ3n) is 3.57. The number of rotatable bonds is 3. The zero-order chi connectivity index (χ0) is 17.7. The molecular formula is C15H15F3N4O2. The highest BCUT2D eigenvalue weighted by Crippen LogP contribution is 2.23. The van der Waals surface area contributed by atoms with E-state index < -0.39 is 18.0 Å². The molecule has 9 heteroatoms. The highest BCUT2D eigenvalue weighted by molar-refractivity contribution is 5.92. The molecule has 0 aliphatic carbocycles. The van der Waals surface area contributed by atoms with Crippen molar-refractivity contribution in [2.24, 2.45) is 0 Å². The quantitative estimate of drug-likeness (QED) is 0.909. The molecule has 0 atom stereocenters. The lowest BCUT2D eigenvalue weighted by molar-refractivity contribution is -0.185. The lowest BCUT2D eigenvalue weighted by Gasteiger charge is -2.36. The van der Waals surface area contributed by atoms with Gasteiger partial charge in [-0.2, -0.15) is 18.4 Å². The maximum atomic E-state index is 12.4. The summed E-state index contributed by atoms with van der Waals surface area (Å²) in [5, 5.41) is 11.0. The van der Waals surface area contributed by atoms with Gasteiger partial charge in [0.05, 0.1) is 6.07 Å². The van der Waals surface area contributed by atoms with Gasteiger partial charge in [-0.25, -0.2) is 0 Å². The summed E-state index contributed by atoms with van der Waals surface area (Å²) in [5.74, 6) is -2.22. The van der Waals surface area contributed by atoms with Gasteiger partial charge in [0.2, 0.25) is 5.91 Å². The molecule has 1 aromatic rings. The Labute approximate surface area is 136 Å². The molecule has 1 aliphatic heterocycles. The molecule has 0 unspecified atom stereocenters. The monoisotopic (exact) mass is 340 g/mol. The van der Waals surface area contributed by atoms with Crippen LogP contribution in [0.5, 0.6) is 0 Å². The van der Waals surface area contributed by atoms with Crippen LogP contribution in [0.15, 0.2) is 24.3 Å². The van der Waals surface area contributed by atoms with E-state index in [4.69, 9.17) is 5.26 Å². The van der Waals surface area contributed by atoms with Gasteiger partial charge in [-0.05, 0) is 24.3 Å². The van der Waals surface area contributed by atoms with Crippen LogP contribution in [0.3, 0.4) is 0 Å². The first-order valence-electron chi connectivity index (χ1n) is 7.19. The van der Waals surface area contributed by atoms with Crippen molar-refractivity contribution >= 4 is 23.2 Å². The number of piperazine rings is 1. The van der Waals surface area contributed by atoms with Crippen LogP contribution in [0, 0.1) is 11.3 Å². The second-order valence-electron chi connectivity index (χ2n) is 5.21. The maximum absolute atomic E-state index is 12.4. The number of hydrogen-bond acceptors (Lipinski definition) is 4. The topological polar surface area (TPSA) is 76.4 Å². The normalized spacial score (nSPS) is 14.9. The van der Waals surface area contributed by atoms with Crippen molar-refractivity contribution in [1.82, 2.24) is 4.90 Å². The number of carbonyl (C=O) groups excluding carboxylic acids is 2. The first kappa shape index (κ1) is 17.6. The molecule has 1 aromatic carbocycles. The van der Waals surface area contributed by atoms with E-state index in [0.29, 0.717) is 18.8 Å². The summed E-state index contributed by atoms with van der Waals surface area (Å²) < 4.78 is 37.2. The minimum absolute atomic E-state index is 0.000992. The van der Waals surface area contributed by atoms with Crippen LogP contribution in [-0.2, 0) is 9.59 Å². The molecule has 0 spiro atoms. The molecule has 1 N–H and O–H groups in total. The number of nitriles is 1. The molecule has 1 heterocycles. The number of amides is 2. The van der Waals surface area contributed by atoms with E-state index in [1.165, 1.54) is 0 Å². The number of benzene rings is 1. The van der Waals surface area contributed by atoms with Gasteiger partial charge >= 0.3 is 12.1 Å². The predicted octanol–water partition coefficient (Wildman–Crippen LogP) is 1.75. The Hall–Kier alpha value is -2.76. The summed E-state index contributed by atoms with van der Waals surface area (Å²) in [7, 11) is 0. The second kappa shape index (κ2) is 7.21. The van der Waals surface area contributed by atoms with E-state index in [1.54, 1.807) is 30.3 Å². The van der Waals surface area contributed by atoms with Crippen LogP contribution in [0.25, 0.3) is 0 Å². The van der Waals surface area contributed by atoms with Crippen molar-refractivity contribution in [3.63, 3.8) is 0 Å². The molecule has 1 fully saturated rings. The lowest BCUT2D eigenvalue weighted by atomic mass is 10.2. The van der Waals surface area contributed by atoms with E-state index >= 15 is 0 Å². The molecule has 0 saturated carbocycles. The van der Waals surface area contributed by atoms with E-state index in [1.807, 2.05) is 4.90 Å². The first-order valence-corrected chi connectivity index (χ1v) is 7.19. The Bertz CT molecular complexity index is 644. The average molecular weight is 340 g/mol. The summed E-state index contributed by atoms with van der Waals surface area (Å²) in [6, 6.07) is 8.49. The number of nitrogens with zero attached hydrogens (tertiary/aromatic N) is 3. The maximum Gasteiger partial charge on any atom is 0.471 e. The SMILES string of the molecule is N#CCC(=O)Nc1ccc(N2CCN(C(=O)C(F)(F)F)CC2)cc1. The molecule has 24 heavy (non-hydrogen) atoms. The Morgan fingerprint density at radius 2 is 1.71 bits per heavy atom. The zero-order valence-corrected chi connectivity index (χ0v) is 12.6. The van der Waals surface area contributed by atoms with Crippen molar-refractivity contribution in [1.29, 1.82) is 5.26 Å². The molecular weight excluding hydrogens is 325 g/mol. The Balaban J connectivity index is 1.92. The largest absolute Gasteiger partial charge is 0.471 e. The van der Waals surface area contributed by atoms with Crippen LogP contribution in [0.2, 0.25) is 0 Å². The number of carbonyl (C=O) groups is 2. The van der Waals surface area contributed by atoms with Gasteiger partial charge in [-0.3, -0.25) is 9.59 Å². The number of alkyl halides is 3. The fraction of sp³-hybridized carbons (Fsp3) is 0.400. The summed E-state index contributed by atoms with van der Waals surface area (Å²) in [6.45, 7) is 0.585. The molecule has 1 saturated heterocycles. The van der Waals surface area contributed by atoms with Crippen molar-refractivity contribution in [3.05, 3.63) is 24.3 Å². The summed E-state index contributed by atoms with van der Waals surface area (Å²) in [4.78, 5) is 25.2. The number of halogens is 3. The van der Waals surface area contributed by atoms with E-state index in [9.17, 15) is 22.8 Å². The Kier molecular flexibility index (Phi) is 5.28. The van der Waals surface area contributed by atoms with Crippen LogP contribution >= 0.6 is 0 Å². The molecule has 1 aliphatic rings. The minimum atomic E-state index is -4.84. The number of anilines is 2.